The Labute approximate surface area is 73.5 Å². The second kappa shape index (κ2) is 3.86. The van der Waals surface area contributed by atoms with Crippen molar-refractivity contribution in [2.45, 2.75) is 6.18 Å². The van der Waals surface area contributed by atoms with Crippen molar-refractivity contribution in [1.82, 2.24) is 5.32 Å². The second-order valence-electron chi connectivity index (χ2n) is 2.37. The number of nitrogens with one attached hydrogen (secondary N) is 1. The van der Waals surface area contributed by atoms with Gasteiger partial charge >= 0.3 is 6.18 Å². The largest absolute Gasteiger partial charge is 0.432 e. The lowest BCUT2D eigenvalue weighted by Crippen LogP contribution is -2.24. The summed E-state index contributed by atoms with van der Waals surface area (Å²) in [7, 11) is -3.34. The Morgan fingerprint density at radius 1 is 1.54 bits per heavy atom. The SMILES string of the molecule is CS(=O)(=O)CN/C=C(\N)C(F)(F)F. The molecule has 0 radical (unpaired) electrons. The van der Waals surface area contributed by atoms with Gasteiger partial charge in [-0.15, -0.1) is 0 Å². The molecular weight excluding hydrogens is 209 g/mol. The van der Waals surface area contributed by atoms with Crippen molar-refractivity contribution in [3.8, 4) is 0 Å². The van der Waals surface area contributed by atoms with Crippen LogP contribution < -0.4 is 11.1 Å². The fraction of sp³-hybridized carbons (Fsp3) is 0.600. The molecule has 8 heteroatoms. The molecule has 0 fully saturated rings. The van der Waals surface area contributed by atoms with Crippen LogP contribution in [0.25, 0.3) is 0 Å². The highest BCUT2D eigenvalue weighted by atomic mass is 32.2. The Morgan fingerprint density at radius 2 is 2.00 bits per heavy atom. The molecule has 0 aromatic rings. The summed E-state index contributed by atoms with van der Waals surface area (Å²) in [5, 5.41) is 1.94. The van der Waals surface area contributed by atoms with Crippen LogP contribution in [0.4, 0.5) is 13.2 Å². The number of rotatable bonds is 3. The summed E-state index contributed by atoms with van der Waals surface area (Å²) in [6.45, 7) is 0. The summed E-state index contributed by atoms with van der Waals surface area (Å²) in [4.78, 5) is 0. The average Bonchev–Trinajstić information content (AvgIpc) is 1.82. The first kappa shape index (κ1) is 12.1. The summed E-state index contributed by atoms with van der Waals surface area (Å²) in [5.41, 5.74) is 3.19. The third-order valence-corrected chi connectivity index (χ3v) is 1.62. The van der Waals surface area contributed by atoms with Gasteiger partial charge in [-0.3, -0.25) is 0 Å². The topological polar surface area (TPSA) is 72.2 Å². The Morgan fingerprint density at radius 3 is 2.31 bits per heavy atom. The summed E-state index contributed by atoms with van der Waals surface area (Å²) >= 11 is 0. The lowest BCUT2D eigenvalue weighted by molar-refractivity contribution is -0.0930. The Balaban J connectivity index is 4.16. The molecule has 0 unspecified atom stereocenters. The van der Waals surface area contributed by atoms with E-state index in [1.807, 2.05) is 5.32 Å². The maximum atomic E-state index is 11.7. The van der Waals surface area contributed by atoms with E-state index in [1.165, 1.54) is 0 Å². The minimum atomic E-state index is -4.63. The van der Waals surface area contributed by atoms with Crippen LogP contribution in [-0.4, -0.2) is 26.7 Å². The molecule has 0 heterocycles. The van der Waals surface area contributed by atoms with Crippen LogP contribution in [-0.2, 0) is 9.84 Å². The lowest BCUT2D eigenvalue weighted by Gasteiger charge is -2.06. The number of nitrogens with two attached hydrogens (primary N) is 1. The molecule has 13 heavy (non-hydrogen) atoms. The summed E-state index contributed by atoms with van der Waals surface area (Å²) in [6, 6.07) is 0. The van der Waals surface area contributed by atoms with E-state index in [9.17, 15) is 21.6 Å². The molecule has 3 N–H and O–H groups in total. The van der Waals surface area contributed by atoms with Gasteiger partial charge in [0.2, 0.25) is 0 Å². The van der Waals surface area contributed by atoms with Crippen LogP contribution in [0.3, 0.4) is 0 Å². The van der Waals surface area contributed by atoms with Gasteiger partial charge in [0.05, 0.1) is 0 Å². The van der Waals surface area contributed by atoms with Gasteiger partial charge in [-0.2, -0.15) is 13.2 Å². The van der Waals surface area contributed by atoms with E-state index in [4.69, 9.17) is 0 Å². The van der Waals surface area contributed by atoms with Gasteiger partial charge in [-0.05, 0) is 0 Å². The summed E-state index contributed by atoms with van der Waals surface area (Å²) in [5.74, 6) is -0.580. The van der Waals surface area contributed by atoms with Gasteiger partial charge in [0.15, 0.2) is 9.84 Å². The molecule has 4 nitrogen and oxygen atoms in total. The van der Waals surface area contributed by atoms with Gasteiger partial charge in [0.1, 0.15) is 11.6 Å². The van der Waals surface area contributed by atoms with Crippen LogP contribution in [0, 0.1) is 0 Å². The summed E-state index contributed by atoms with van der Waals surface area (Å²) in [6.07, 6.45) is -3.33. The van der Waals surface area contributed by atoms with E-state index in [-0.39, 0.29) is 0 Å². The van der Waals surface area contributed by atoms with E-state index in [2.05, 4.69) is 5.73 Å². The van der Waals surface area contributed by atoms with Crippen LogP contribution in [0.2, 0.25) is 0 Å². The molecule has 0 spiro atoms. The number of alkyl halides is 3. The number of hydrogen-bond acceptors (Lipinski definition) is 4. The van der Waals surface area contributed by atoms with Crippen LogP contribution >= 0.6 is 0 Å². The van der Waals surface area contributed by atoms with Gasteiger partial charge in [0, 0.05) is 12.5 Å². The molecule has 0 rings (SSSR count). The Bertz CT molecular complexity index is 293. The molecular formula is C5H9F3N2O2S. The van der Waals surface area contributed by atoms with E-state index in [0.717, 1.165) is 6.26 Å². The zero-order valence-corrected chi connectivity index (χ0v) is 7.54. The van der Waals surface area contributed by atoms with Crippen molar-refractivity contribution >= 4 is 9.84 Å². The number of allylic oxidation sites excluding steroid dienone is 1. The molecule has 0 saturated carbocycles. The third-order valence-electron chi connectivity index (χ3n) is 0.930. The molecule has 78 valence electrons. The molecule has 0 bridgehead atoms. The molecule has 0 saturated heterocycles. The monoisotopic (exact) mass is 218 g/mol. The van der Waals surface area contributed by atoms with Crippen LogP contribution in [0.5, 0.6) is 0 Å². The molecule has 0 aromatic heterocycles. The van der Waals surface area contributed by atoms with Gasteiger partial charge in [-0.1, -0.05) is 0 Å². The Kier molecular flexibility index (Phi) is 3.59. The third kappa shape index (κ3) is 6.26. The van der Waals surface area contributed by atoms with Crippen LogP contribution in [0.1, 0.15) is 0 Å². The maximum absolute atomic E-state index is 11.7. The molecule has 0 aliphatic heterocycles. The van der Waals surface area contributed by atoms with Gasteiger partial charge in [0.25, 0.3) is 0 Å². The smallest absolute Gasteiger partial charge is 0.394 e. The fourth-order valence-corrected chi connectivity index (χ4v) is 0.771. The van der Waals surface area contributed by atoms with E-state index >= 15 is 0 Å². The number of hydrogen-bond donors (Lipinski definition) is 2. The fourth-order valence-electron chi connectivity index (χ4n) is 0.385. The number of halogens is 3. The minimum absolute atomic E-state index is 0.418. The van der Waals surface area contributed by atoms with Crippen molar-refractivity contribution in [3.63, 3.8) is 0 Å². The average molecular weight is 218 g/mol. The number of sulfone groups is 1. The maximum Gasteiger partial charge on any atom is 0.432 e. The van der Waals surface area contributed by atoms with Crippen LogP contribution in [0.15, 0.2) is 11.9 Å². The van der Waals surface area contributed by atoms with Crippen molar-refractivity contribution in [1.29, 1.82) is 0 Å². The van der Waals surface area contributed by atoms with E-state index < -0.39 is 27.6 Å². The molecule has 0 aliphatic carbocycles. The highest BCUT2D eigenvalue weighted by Gasteiger charge is 2.31. The quantitative estimate of drug-likeness (QED) is 0.696. The van der Waals surface area contributed by atoms with Gasteiger partial charge < -0.3 is 11.1 Å². The standard InChI is InChI=1S/C5H9F3N2O2S/c1-13(11,12)3-10-2-4(9)5(6,7)8/h2,10H,3,9H2,1H3/b4-2-. The highest BCUT2D eigenvalue weighted by Crippen LogP contribution is 2.20. The first-order valence-corrected chi connectivity index (χ1v) is 5.13. The van der Waals surface area contributed by atoms with Crippen molar-refractivity contribution < 1.29 is 21.6 Å². The normalized spacial score (nSPS) is 14.3. The first-order valence-electron chi connectivity index (χ1n) is 3.07. The first-order chi connectivity index (χ1) is 5.63. The van der Waals surface area contributed by atoms with Crippen molar-refractivity contribution in [3.05, 3.63) is 11.9 Å². The van der Waals surface area contributed by atoms with Crippen molar-refractivity contribution in [2.24, 2.45) is 5.73 Å². The van der Waals surface area contributed by atoms with Gasteiger partial charge in [-0.25, -0.2) is 8.42 Å². The molecule has 0 aliphatic rings. The predicted octanol–water partition coefficient (Wildman–Crippen LogP) is -0.0595. The molecule has 0 amide bonds. The zero-order valence-electron chi connectivity index (χ0n) is 6.72. The zero-order chi connectivity index (χ0) is 10.7. The lowest BCUT2D eigenvalue weighted by atomic mass is 10.5. The summed E-state index contributed by atoms with van der Waals surface area (Å²) < 4.78 is 56.0. The van der Waals surface area contributed by atoms with E-state index in [0.29, 0.717) is 6.20 Å². The van der Waals surface area contributed by atoms with E-state index in [1.54, 1.807) is 0 Å². The van der Waals surface area contributed by atoms with Crippen molar-refractivity contribution in [2.75, 3.05) is 12.1 Å². The second-order valence-corrected chi connectivity index (χ2v) is 4.51. The highest BCUT2D eigenvalue weighted by molar-refractivity contribution is 7.90. The minimum Gasteiger partial charge on any atom is -0.394 e. The molecule has 0 aromatic carbocycles. The Hall–Kier alpha value is -0.920. The predicted molar refractivity (Wildman–Crippen MR) is 41.2 cm³/mol. The molecule has 0 atom stereocenters.